The Hall–Kier alpha value is -1.21. The summed E-state index contributed by atoms with van der Waals surface area (Å²) in [6.45, 7) is 1.35. The largest absolute Gasteiger partial charge is 0.478 e. The topological polar surface area (TPSA) is 97.2 Å². The summed E-state index contributed by atoms with van der Waals surface area (Å²) < 4.78 is 22.5. The molecule has 8 heteroatoms. The highest BCUT2D eigenvalue weighted by Crippen LogP contribution is 2.18. The summed E-state index contributed by atoms with van der Waals surface area (Å²) >= 11 is 5.45. The van der Waals surface area contributed by atoms with Gasteiger partial charge in [0.25, 0.3) is 0 Å². The molecule has 15 heavy (non-hydrogen) atoms. The lowest BCUT2D eigenvalue weighted by Crippen LogP contribution is -2.13. The minimum absolute atomic E-state index is 0.0166. The van der Waals surface area contributed by atoms with Gasteiger partial charge in [-0.15, -0.1) is 0 Å². The van der Waals surface area contributed by atoms with E-state index in [1.807, 2.05) is 0 Å². The number of carbonyl (C=O) groups is 1. The van der Waals surface area contributed by atoms with Crippen LogP contribution in [-0.4, -0.2) is 35.7 Å². The van der Waals surface area contributed by atoms with Gasteiger partial charge >= 0.3 is 5.97 Å². The lowest BCUT2D eigenvalue weighted by atomic mass is 10.2. The van der Waals surface area contributed by atoms with Crippen LogP contribution in [0.2, 0.25) is 5.28 Å². The van der Waals surface area contributed by atoms with Gasteiger partial charge in [0.2, 0.25) is 5.28 Å². The van der Waals surface area contributed by atoms with Gasteiger partial charge in [-0.2, -0.15) is 0 Å². The Morgan fingerprint density at radius 1 is 1.40 bits per heavy atom. The first-order valence-electron chi connectivity index (χ1n) is 3.71. The van der Waals surface area contributed by atoms with Crippen molar-refractivity contribution < 1.29 is 18.3 Å². The molecule has 1 heterocycles. The summed E-state index contributed by atoms with van der Waals surface area (Å²) in [5.74, 6) is -1.40. The SMILES string of the molecule is Cc1nc(Cl)nc(S(C)(=O)=O)c1C(=O)O. The second-order valence-corrected chi connectivity index (χ2v) is 5.10. The maximum atomic E-state index is 11.3. The summed E-state index contributed by atoms with van der Waals surface area (Å²) in [6.07, 6.45) is 0.859. The predicted octanol–water partition coefficient (Wildman–Crippen LogP) is 0.540. The fourth-order valence-corrected chi connectivity index (χ4v) is 2.15. The van der Waals surface area contributed by atoms with E-state index in [4.69, 9.17) is 16.7 Å². The molecule has 0 radical (unpaired) electrons. The molecule has 0 saturated carbocycles. The number of halogens is 1. The van der Waals surface area contributed by atoms with Gasteiger partial charge < -0.3 is 5.11 Å². The van der Waals surface area contributed by atoms with Crippen LogP contribution in [-0.2, 0) is 9.84 Å². The molecule has 0 fully saturated rings. The molecule has 0 aliphatic carbocycles. The van der Waals surface area contributed by atoms with Gasteiger partial charge in [0.1, 0.15) is 5.56 Å². The van der Waals surface area contributed by atoms with Crippen LogP contribution in [0.3, 0.4) is 0 Å². The van der Waals surface area contributed by atoms with Crippen LogP contribution in [0.1, 0.15) is 16.1 Å². The third-order valence-electron chi connectivity index (χ3n) is 1.59. The molecule has 0 aromatic carbocycles. The lowest BCUT2D eigenvalue weighted by Gasteiger charge is -2.05. The smallest absolute Gasteiger partial charge is 0.340 e. The van der Waals surface area contributed by atoms with Crippen LogP contribution in [0.25, 0.3) is 0 Å². The van der Waals surface area contributed by atoms with Crippen LogP contribution in [0.4, 0.5) is 0 Å². The first-order chi connectivity index (χ1) is 6.73. The molecular formula is C7H7ClN2O4S. The van der Waals surface area contributed by atoms with Gasteiger partial charge in [-0.25, -0.2) is 23.2 Å². The van der Waals surface area contributed by atoms with Crippen molar-refractivity contribution in [3.8, 4) is 0 Å². The Balaban J connectivity index is 3.70. The van der Waals surface area contributed by atoms with E-state index in [0.29, 0.717) is 0 Å². The van der Waals surface area contributed by atoms with Crippen molar-refractivity contribution in [3.63, 3.8) is 0 Å². The van der Waals surface area contributed by atoms with Gasteiger partial charge in [-0.3, -0.25) is 0 Å². The Labute approximate surface area is 90.8 Å². The average Bonchev–Trinajstić information content (AvgIpc) is 1.99. The first-order valence-corrected chi connectivity index (χ1v) is 5.98. The number of sulfone groups is 1. The highest BCUT2D eigenvalue weighted by molar-refractivity contribution is 7.90. The third-order valence-corrected chi connectivity index (χ3v) is 2.76. The normalized spacial score (nSPS) is 11.4. The zero-order chi connectivity index (χ0) is 11.8. The monoisotopic (exact) mass is 250 g/mol. The minimum atomic E-state index is -3.74. The molecule has 1 rings (SSSR count). The third kappa shape index (κ3) is 2.42. The van der Waals surface area contributed by atoms with Crippen molar-refractivity contribution in [2.75, 3.05) is 6.26 Å². The minimum Gasteiger partial charge on any atom is -0.478 e. The molecule has 6 nitrogen and oxygen atoms in total. The van der Waals surface area contributed by atoms with Gasteiger partial charge in [0.05, 0.1) is 5.69 Å². The summed E-state index contributed by atoms with van der Waals surface area (Å²) in [5.41, 5.74) is -0.426. The van der Waals surface area contributed by atoms with E-state index in [9.17, 15) is 13.2 Å². The van der Waals surface area contributed by atoms with Crippen molar-refractivity contribution in [1.82, 2.24) is 9.97 Å². The molecule has 1 N–H and O–H groups in total. The fourth-order valence-electron chi connectivity index (χ4n) is 1.03. The molecule has 0 aliphatic rings. The van der Waals surface area contributed by atoms with Crippen LogP contribution in [0.15, 0.2) is 5.03 Å². The van der Waals surface area contributed by atoms with E-state index in [2.05, 4.69) is 9.97 Å². The Morgan fingerprint density at radius 3 is 2.33 bits per heavy atom. The number of aryl methyl sites for hydroxylation is 1. The second-order valence-electron chi connectivity index (χ2n) is 2.84. The van der Waals surface area contributed by atoms with E-state index in [0.717, 1.165) is 6.26 Å². The van der Waals surface area contributed by atoms with E-state index in [1.54, 1.807) is 0 Å². The first kappa shape index (κ1) is 11.9. The van der Waals surface area contributed by atoms with E-state index in [1.165, 1.54) is 6.92 Å². The van der Waals surface area contributed by atoms with Crippen molar-refractivity contribution in [1.29, 1.82) is 0 Å². The highest BCUT2D eigenvalue weighted by Gasteiger charge is 2.24. The van der Waals surface area contributed by atoms with E-state index >= 15 is 0 Å². The molecular weight excluding hydrogens is 244 g/mol. The quantitative estimate of drug-likeness (QED) is 0.608. The molecule has 0 bridgehead atoms. The van der Waals surface area contributed by atoms with Crippen molar-refractivity contribution in [2.24, 2.45) is 0 Å². The number of rotatable bonds is 2. The van der Waals surface area contributed by atoms with Crippen LogP contribution >= 0.6 is 11.6 Å². The molecule has 0 amide bonds. The van der Waals surface area contributed by atoms with Crippen LogP contribution in [0.5, 0.6) is 0 Å². The molecule has 0 spiro atoms. The Bertz CT molecular complexity index is 526. The van der Waals surface area contributed by atoms with Crippen LogP contribution in [0, 0.1) is 6.92 Å². The van der Waals surface area contributed by atoms with Crippen molar-refractivity contribution in [2.45, 2.75) is 11.9 Å². The lowest BCUT2D eigenvalue weighted by molar-refractivity contribution is 0.0690. The summed E-state index contributed by atoms with van der Waals surface area (Å²) in [4.78, 5) is 17.8. The Kier molecular flexibility index (Phi) is 2.96. The van der Waals surface area contributed by atoms with Gasteiger partial charge in [-0.05, 0) is 18.5 Å². The Morgan fingerprint density at radius 2 is 1.93 bits per heavy atom. The summed E-state index contributed by atoms with van der Waals surface area (Å²) in [5, 5.41) is 7.96. The van der Waals surface area contributed by atoms with Gasteiger partial charge in [0, 0.05) is 6.26 Å². The summed E-state index contributed by atoms with van der Waals surface area (Å²) in [7, 11) is -3.74. The molecule has 0 unspecified atom stereocenters. The fraction of sp³-hybridized carbons (Fsp3) is 0.286. The number of nitrogens with zero attached hydrogens (tertiary/aromatic N) is 2. The van der Waals surface area contributed by atoms with E-state index < -0.39 is 26.4 Å². The number of aromatic carboxylic acids is 1. The van der Waals surface area contributed by atoms with Gasteiger partial charge in [-0.1, -0.05) is 0 Å². The number of carboxylic acids is 1. The predicted molar refractivity (Wildman–Crippen MR) is 51.8 cm³/mol. The van der Waals surface area contributed by atoms with Crippen LogP contribution < -0.4 is 0 Å². The molecule has 1 aromatic rings. The highest BCUT2D eigenvalue weighted by atomic mass is 35.5. The molecule has 82 valence electrons. The van der Waals surface area contributed by atoms with Crippen molar-refractivity contribution in [3.05, 3.63) is 16.5 Å². The maximum Gasteiger partial charge on any atom is 0.340 e. The number of aromatic nitrogens is 2. The standard InChI is InChI=1S/C7H7ClN2O4S/c1-3-4(6(11)12)5(15(2,13)14)10-7(8)9-3/h1-2H3,(H,11,12). The number of carboxylic acid groups (broad SMARTS) is 1. The molecule has 1 aromatic heterocycles. The summed E-state index contributed by atoms with van der Waals surface area (Å²) in [6, 6.07) is 0. The maximum absolute atomic E-state index is 11.3. The second kappa shape index (κ2) is 3.74. The molecule has 0 atom stereocenters. The van der Waals surface area contributed by atoms with Crippen molar-refractivity contribution >= 4 is 27.4 Å². The zero-order valence-electron chi connectivity index (χ0n) is 7.85. The molecule has 0 aliphatic heterocycles. The average molecular weight is 251 g/mol. The zero-order valence-corrected chi connectivity index (χ0v) is 9.43. The number of hydrogen-bond donors (Lipinski definition) is 1. The molecule has 0 saturated heterocycles. The van der Waals surface area contributed by atoms with Gasteiger partial charge in [0.15, 0.2) is 14.9 Å². The van der Waals surface area contributed by atoms with E-state index in [-0.39, 0.29) is 11.0 Å². The number of hydrogen-bond acceptors (Lipinski definition) is 5.